The molecule has 0 atom stereocenters. The monoisotopic (exact) mass is 605 g/mol. The van der Waals surface area contributed by atoms with Gasteiger partial charge in [-0.15, -0.1) is 0 Å². The summed E-state index contributed by atoms with van der Waals surface area (Å²) >= 11 is 0. The fraction of sp³-hybridized carbons (Fsp3) is 0.308. The molecule has 6 heteroatoms. The lowest BCUT2D eigenvalue weighted by atomic mass is 9.91. The number of nitrogens with zero attached hydrogens (tertiary/aromatic N) is 3. The van der Waals surface area contributed by atoms with Crippen molar-refractivity contribution in [3.8, 4) is 0 Å². The van der Waals surface area contributed by atoms with E-state index >= 15 is 0 Å². The molecule has 1 aliphatic heterocycles. The topological polar surface area (TPSA) is 38.1 Å². The molecule has 2 heterocycles. The minimum Gasteiger partial charge on any atom is -0.339 e. The Kier molecular flexibility index (Phi) is 9.95. The first kappa shape index (κ1) is 31.9. The van der Waals surface area contributed by atoms with Crippen molar-refractivity contribution in [3.63, 3.8) is 0 Å². The second-order valence-electron chi connectivity index (χ2n) is 11.7. The van der Waals surface area contributed by atoms with Gasteiger partial charge in [-0.2, -0.15) is 0 Å². The highest BCUT2D eigenvalue weighted by Crippen LogP contribution is 2.34. The maximum atomic E-state index is 14.1. The number of halogens is 2. The number of hydrogen-bond donors (Lipinski definition) is 0. The number of carbonyl (C=O) groups is 1. The van der Waals surface area contributed by atoms with E-state index in [4.69, 9.17) is 4.98 Å². The molecule has 0 saturated carbocycles. The fourth-order valence-corrected chi connectivity index (χ4v) is 6.16. The summed E-state index contributed by atoms with van der Waals surface area (Å²) in [4.78, 5) is 20.5. The summed E-state index contributed by atoms with van der Waals surface area (Å²) in [5.41, 5.74) is 11.0. The molecule has 0 bridgehead atoms. The van der Waals surface area contributed by atoms with Gasteiger partial charge in [0.05, 0.1) is 17.6 Å². The molecule has 4 nitrogen and oxygen atoms in total. The largest absolute Gasteiger partial charge is 0.339 e. The highest BCUT2D eigenvalue weighted by Gasteiger charge is 2.29. The molecule has 1 fully saturated rings. The number of aryl methyl sites for hydroxylation is 1. The van der Waals surface area contributed by atoms with Crippen LogP contribution in [0.3, 0.4) is 0 Å². The lowest BCUT2D eigenvalue weighted by molar-refractivity contribution is 0.0710. The summed E-state index contributed by atoms with van der Waals surface area (Å²) in [7, 11) is 0. The van der Waals surface area contributed by atoms with Gasteiger partial charge in [-0.3, -0.25) is 4.79 Å². The Labute approximate surface area is 265 Å². The molecule has 1 amide bonds. The Bertz CT molecular complexity index is 1830. The van der Waals surface area contributed by atoms with Crippen LogP contribution in [0.5, 0.6) is 0 Å². The number of amides is 1. The van der Waals surface area contributed by atoms with E-state index in [1.54, 1.807) is 12.1 Å². The third-order valence-corrected chi connectivity index (χ3v) is 8.42. The zero-order valence-electron chi connectivity index (χ0n) is 26.7. The number of hydrogen-bond acceptors (Lipinski definition) is 2. The second-order valence-corrected chi connectivity index (χ2v) is 11.7. The molecule has 4 aromatic rings. The number of allylic oxidation sites excluding steroid dienone is 3. The summed E-state index contributed by atoms with van der Waals surface area (Å²) in [6, 6.07) is 20.5. The first-order valence-electron chi connectivity index (χ1n) is 15.9. The predicted molar refractivity (Wildman–Crippen MR) is 179 cm³/mol. The number of para-hydroxylation sites is 2. The molecule has 232 valence electrons. The average molecular weight is 606 g/mol. The van der Waals surface area contributed by atoms with E-state index in [2.05, 4.69) is 29.0 Å². The van der Waals surface area contributed by atoms with Crippen LogP contribution in [0.2, 0.25) is 0 Å². The van der Waals surface area contributed by atoms with Crippen molar-refractivity contribution in [2.75, 3.05) is 13.1 Å². The summed E-state index contributed by atoms with van der Waals surface area (Å²) < 4.78 is 29.7. The molecule has 3 aromatic carbocycles. The van der Waals surface area contributed by atoms with Crippen molar-refractivity contribution in [1.82, 2.24) is 14.5 Å². The van der Waals surface area contributed by atoms with Crippen LogP contribution in [0.1, 0.15) is 85.2 Å². The van der Waals surface area contributed by atoms with Gasteiger partial charge in [0.15, 0.2) is 0 Å². The molecule has 1 aliphatic carbocycles. The van der Waals surface area contributed by atoms with Crippen LogP contribution >= 0.6 is 0 Å². The quantitative estimate of drug-likeness (QED) is 0.148. The van der Waals surface area contributed by atoms with Crippen LogP contribution in [0.25, 0.3) is 16.6 Å². The normalized spacial score (nSPS) is 15.2. The van der Waals surface area contributed by atoms with E-state index in [1.807, 2.05) is 75.1 Å². The maximum Gasteiger partial charge on any atom is 0.253 e. The van der Waals surface area contributed by atoms with Crippen LogP contribution in [-0.4, -0.2) is 33.4 Å². The van der Waals surface area contributed by atoms with Crippen molar-refractivity contribution in [3.05, 3.63) is 136 Å². The van der Waals surface area contributed by atoms with Gasteiger partial charge in [0.25, 0.3) is 5.91 Å². The number of fused-ring (bicyclic) bond motifs is 1. The van der Waals surface area contributed by atoms with Crippen LogP contribution in [0, 0.1) is 12.7 Å². The summed E-state index contributed by atoms with van der Waals surface area (Å²) in [6.07, 6.45) is 4.73. The molecule has 0 unspecified atom stereocenters. The molecule has 0 N–H and O–H groups in total. The van der Waals surface area contributed by atoms with Gasteiger partial charge in [-0.25, -0.2) is 13.8 Å². The van der Waals surface area contributed by atoms with Crippen molar-refractivity contribution in [1.29, 1.82) is 0 Å². The minimum absolute atomic E-state index is 0.0139. The minimum atomic E-state index is -0.284. The summed E-state index contributed by atoms with van der Waals surface area (Å²) in [6.45, 7) is 13.8. The second kappa shape index (κ2) is 14.0. The Hall–Kier alpha value is -4.54. The number of likely N-dealkylation sites (tertiary alicyclic amines) is 1. The Balaban J connectivity index is 0.00000196. The van der Waals surface area contributed by atoms with Crippen molar-refractivity contribution >= 4 is 22.5 Å². The van der Waals surface area contributed by atoms with Crippen molar-refractivity contribution in [2.24, 2.45) is 0 Å². The average Bonchev–Trinajstić information content (AvgIpc) is 3.40. The first-order valence-corrected chi connectivity index (χ1v) is 15.9. The molecule has 6 rings (SSSR count). The molecule has 0 spiro atoms. The molecule has 2 aliphatic rings. The Morgan fingerprint density at radius 3 is 2.42 bits per heavy atom. The van der Waals surface area contributed by atoms with Crippen molar-refractivity contribution < 1.29 is 13.6 Å². The maximum absolute atomic E-state index is 14.1. The molecular formula is C39H41F2N3O. The van der Waals surface area contributed by atoms with E-state index < -0.39 is 0 Å². The number of piperidine rings is 1. The predicted octanol–water partition coefficient (Wildman–Crippen LogP) is 9.71. The Morgan fingerprint density at radius 2 is 1.76 bits per heavy atom. The number of imidazole rings is 1. The molecule has 45 heavy (non-hydrogen) atoms. The lowest BCUT2D eigenvalue weighted by Crippen LogP contribution is -2.38. The molecule has 1 aromatic heterocycles. The molecular weight excluding hydrogens is 564 g/mol. The number of benzene rings is 3. The van der Waals surface area contributed by atoms with Crippen LogP contribution in [0.4, 0.5) is 8.78 Å². The number of rotatable bonds is 8. The van der Waals surface area contributed by atoms with Gasteiger partial charge in [-0.1, -0.05) is 68.1 Å². The highest BCUT2D eigenvalue weighted by molar-refractivity contribution is 5.95. The Morgan fingerprint density at radius 1 is 1.02 bits per heavy atom. The van der Waals surface area contributed by atoms with Gasteiger partial charge in [0.2, 0.25) is 0 Å². The zero-order valence-corrected chi connectivity index (χ0v) is 26.7. The van der Waals surface area contributed by atoms with Crippen LogP contribution in [-0.2, 0) is 6.54 Å². The molecule has 0 radical (unpaired) electrons. The van der Waals surface area contributed by atoms with Gasteiger partial charge in [0.1, 0.15) is 17.5 Å². The van der Waals surface area contributed by atoms with E-state index in [0.29, 0.717) is 38.0 Å². The third-order valence-electron chi connectivity index (χ3n) is 8.42. The summed E-state index contributed by atoms with van der Waals surface area (Å²) in [5.74, 6) is 0.751. The van der Waals surface area contributed by atoms with E-state index in [-0.39, 0.29) is 23.5 Å². The molecule has 1 saturated heterocycles. The van der Waals surface area contributed by atoms with Crippen molar-refractivity contribution in [2.45, 2.75) is 65.8 Å². The fourth-order valence-electron chi connectivity index (χ4n) is 6.16. The van der Waals surface area contributed by atoms with E-state index in [0.717, 1.165) is 63.1 Å². The van der Waals surface area contributed by atoms with Crippen LogP contribution < -0.4 is 0 Å². The van der Waals surface area contributed by atoms with Gasteiger partial charge in [0, 0.05) is 36.6 Å². The first-order chi connectivity index (χ1) is 21.8. The van der Waals surface area contributed by atoms with Gasteiger partial charge in [-0.05, 0) is 91.8 Å². The van der Waals surface area contributed by atoms with Crippen LogP contribution in [0.15, 0.2) is 102 Å². The highest BCUT2D eigenvalue weighted by atomic mass is 19.1. The lowest BCUT2D eigenvalue weighted by Gasteiger charge is -2.32. The number of aromatic nitrogens is 2. The van der Waals surface area contributed by atoms with E-state index in [1.165, 1.54) is 6.07 Å². The third kappa shape index (κ3) is 7.08. The standard InChI is InChI=1S/C37H35F2N3O.C2H6/c1-24(2)11-13-33(28-7-6-8-30(38)22-28)32-14-12-29(19-25(32)3)37(43)41-17-15-27(16-18-41)36-40-34-9-4-5-10-35(34)42(36)23-26-20-31(39)21-26;1-2/h4-10,12-14,19,22,27H,1,11,15-18,20,23H2,2-3H3;1-2H3/b33-13-;. The SMILES string of the molecule is C=C(C)C/C=C(/c1cccc(F)c1)c1ccc(C(=O)N2CCC(c3nc4ccccc4n3CC3=C=C(F)C3)CC2)cc1C.CC. The summed E-state index contributed by atoms with van der Waals surface area (Å²) in [5, 5.41) is 0. The number of carbonyl (C=O) groups excluding carboxylic acids is 1. The smallest absolute Gasteiger partial charge is 0.253 e. The van der Waals surface area contributed by atoms with E-state index in [9.17, 15) is 13.6 Å². The van der Waals surface area contributed by atoms with Gasteiger partial charge < -0.3 is 9.47 Å². The zero-order chi connectivity index (χ0) is 32.1. The van der Waals surface area contributed by atoms with Gasteiger partial charge >= 0.3 is 0 Å².